The number of phenolic OH excluding ortho intramolecular Hbond substituents is 1. The van der Waals surface area contributed by atoms with Crippen LogP contribution in [0.25, 0.3) is 6.08 Å². The van der Waals surface area contributed by atoms with Crippen molar-refractivity contribution < 1.29 is 24.2 Å². The average Bonchev–Trinajstić information content (AvgIpc) is 2.85. The lowest BCUT2D eigenvalue weighted by Gasteiger charge is -2.35. The first kappa shape index (κ1) is 29.9. The van der Waals surface area contributed by atoms with Crippen LogP contribution in [0.1, 0.15) is 109 Å². The highest BCUT2D eigenvalue weighted by Crippen LogP contribution is 2.27. The van der Waals surface area contributed by atoms with Crippen LogP contribution in [0, 0.1) is 0 Å². The van der Waals surface area contributed by atoms with Crippen LogP contribution in [0.15, 0.2) is 24.3 Å². The van der Waals surface area contributed by atoms with E-state index >= 15 is 0 Å². The lowest BCUT2D eigenvalue weighted by atomic mass is 9.93. The summed E-state index contributed by atoms with van der Waals surface area (Å²) in [4.78, 5) is 23.2. The van der Waals surface area contributed by atoms with Gasteiger partial charge in [0.05, 0.1) is 7.11 Å². The fraction of sp³-hybridized carbons (Fsp3) is 0.667. The molecule has 0 bridgehead atoms. The third-order valence-corrected chi connectivity index (χ3v) is 7.07. The molecule has 2 N–H and O–H groups in total. The minimum Gasteiger partial charge on any atom is -0.504 e. The Balaban J connectivity index is 1.52. The zero-order valence-electron chi connectivity index (χ0n) is 22.6. The maximum atomic E-state index is 12.3. The van der Waals surface area contributed by atoms with Gasteiger partial charge in [-0.25, -0.2) is 4.79 Å². The minimum atomic E-state index is -0.352. The summed E-state index contributed by atoms with van der Waals surface area (Å²) in [7, 11) is 1.49. The van der Waals surface area contributed by atoms with E-state index in [0.29, 0.717) is 17.6 Å². The van der Waals surface area contributed by atoms with E-state index in [0.717, 1.165) is 31.2 Å². The third-order valence-electron chi connectivity index (χ3n) is 7.07. The second kappa shape index (κ2) is 17.2. The molecule has 0 saturated carbocycles. The molecule has 0 aliphatic carbocycles. The second-order valence-electron chi connectivity index (χ2n) is 10.2. The van der Waals surface area contributed by atoms with Crippen LogP contribution in [-0.4, -0.2) is 42.2 Å². The summed E-state index contributed by atoms with van der Waals surface area (Å²) < 4.78 is 10.8. The Morgan fingerprint density at radius 2 is 1.64 bits per heavy atom. The third kappa shape index (κ3) is 12.1. The molecule has 36 heavy (non-hydrogen) atoms. The molecule has 3 atom stereocenters. The highest BCUT2D eigenvalue weighted by molar-refractivity contribution is 5.87. The molecule has 0 aromatic heterocycles. The standard InChI is InChI=1S/C30H47NO5/c1-23(32)14-12-10-8-6-4-5-7-9-11-13-15-26-18-20-28(24(2)31-26)36-30(34)21-17-25-16-19-27(33)29(22-25)35-3/h16-17,19,21-22,24,26,28,31,33H,4-15,18,20H2,1-3H3/b21-17+/t24-,26+,28-/m1/s1. The number of hydrogen-bond acceptors (Lipinski definition) is 6. The van der Waals surface area contributed by atoms with Gasteiger partial charge in [-0.2, -0.15) is 0 Å². The molecule has 6 heteroatoms. The number of ether oxygens (including phenoxy) is 2. The summed E-state index contributed by atoms with van der Waals surface area (Å²) in [6, 6.07) is 5.58. The molecule has 6 nitrogen and oxygen atoms in total. The van der Waals surface area contributed by atoms with Gasteiger partial charge in [0.2, 0.25) is 0 Å². The number of carbonyl (C=O) groups excluding carboxylic acids is 2. The van der Waals surface area contributed by atoms with Crippen molar-refractivity contribution >= 4 is 17.8 Å². The number of benzene rings is 1. The Labute approximate surface area is 217 Å². The van der Waals surface area contributed by atoms with Crippen LogP contribution in [0.3, 0.4) is 0 Å². The first-order chi connectivity index (χ1) is 17.4. The molecule has 1 fully saturated rings. The number of phenols is 1. The summed E-state index contributed by atoms with van der Waals surface area (Å²) in [5.74, 6) is 0.401. The molecule has 1 heterocycles. The zero-order chi connectivity index (χ0) is 26.2. The molecule has 0 radical (unpaired) electrons. The van der Waals surface area contributed by atoms with Crippen molar-refractivity contribution in [1.29, 1.82) is 0 Å². The smallest absolute Gasteiger partial charge is 0.331 e. The molecule has 2 rings (SSSR count). The van der Waals surface area contributed by atoms with Crippen molar-refractivity contribution in [3.63, 3.8) is 0 Å². The number of Topliss-reactive ketones (excluding diaryl/α,β-unsaturated/α-hetero) is 1. The lowest BCUT2D eigenvalue weighted by Crippen LogP contribution is -2.50. The number of carbonyl (C=O) groups is 2. The Kier molecular flexibility index (Phi) is 14.3. The molecule has 1 aromatic carbocycles. The topological polar surface area (TPSA) is 84.9 Å². The molecule has 0 spiro atoms. The molecular weight excluding hydrogens is 454 g/mol. The largest absolute Gasteiger partial charge is 0.504 e. The summed E-state index contributed by atoms with van der Waals surface area (Å²) in [5, 5.41) is 13.3. The number of aromatic hydroxyl groups is 1. The minimum absolute atomic E-state index is 0.0681. The van der Waals surface area contributed by atoms with Gasteiger partial charge in [-0.15, -0.1) is 0 Å². The van der Waals surface area contributed by atoms with E-state index < -0.39 is 0 Å². The predicted molar refractivity (Wildman–Crippen MR) is 145 cm³/mol. The normalized spacial score (nSPS) is 19.9. The van der Waals surface area contributed by atoms with E-state index in [1.54, 1.807) is 31.2 Å². The van der Waals surface area contributed by atoms with E-state index in [1.165, 1.54) is 77.4 Å². The Hall–Kier alpha value is -2.34. The highest BCUT2D eigenvalue weighted by Gasteiger charge is 2.28. The number of methoxy groups -OCH3 is 1. The van der Waals surface area contributed by atoms with Crippen LogP contribution in [-0.2, 0) is 14.3 Å². The number of nitrogens with one attached hydrogen (secondary N) is 1. The summed E-state index contributed by atoms with van der Waals surface area (Å²) in [6.45, 7) is 3.78. The Morgan fingerprint density at radius 3 is 2.25 bits per heavy atom. The van der Waals surface area contributed by atoms with E-state index in [2.05, 4.69) is 12.2 Å². The molecule has 1 aromatic rings. The predicted octanol–water partition coefficient (Wildman–Crippen LogP) is 6.74. The van der Waals surface area contributed by atoms with Gasteiger partial charge in [0.15, 0.2) is 11.5 Å². The second-order valence-corrected chi connectivity index (χ2v) is 10.2. The van der Waals surface area contributed by atoms with Gasteiger partial charge in [0.1, 0.15) is 11.9 Å². The van der Waals surface area contributed by atoms with E-state index in [1.807, 2.05) is 0 Å². The number of rotatable bonds is 17. The van der Waals surface area contributed by atoms with Gasteiger partial charge in [0, 0.05) is 24.6 Å². The van der Waals surface area contributed by atoms with Gasteiger partial charge in [0.25, 0.3) is 0 Å². The monoisotopic (exact) mass is 501 g/mol. The fourth-order valence-corrected chi connectivity index (χ4v) is 4.90. The fourth-order valence-electron chi connectivity index (χ4n) is 4.90. The molecule has 1 aliphatic heterocycles. The lowest BCUT2D eigenvalue weighted by molar-refractivity contribution is -0.145. The molecule has 0 amide bonds. The van der Waals surface area contributed by atoms with Gasteiger partial charge >= 0.3 is 5.97 Å². The van der Waals surface area contributed by atoms with Gasteiger partial charge in [-0.1, -0.05) is 63.9 Å². The molecular formula is C30H47NO5. The summed E-state index contributed by atoms with van der Waals surface area (Å²) in [5.41, 5.74) is 0.762. The number of hydrogen-bond donors (Lipinski definition) is 2. The maximum Gasteiger partial charge on any atom is 0.331 e. The summed E-state index contributed by atoms with van der Waals surface area (Å²) in [6.07, 6.45) is 19.5. The van der Waals surface area contributed by atoms with Crippen molar-refractivity contribution in [2.75, 3.05) is 7.11 Å². The molecule has 0 unspecified atom stereocenters. The van der Waals surface area contributed by atoms with Crippen molar-refractivity contribution in [3.8, 4) is 11.5 Å². The van der Waals surface area contributed by atoms with Gasteiger partial charge < -0.3 is 24.7 Å². The van der Waals surface area contributed by atoms with Crippen LogP contribution >= 0.6 is 0 Å². The van der Waals surface area contributed by atoms with Crippen molar-refractivity contribution in [2.24, 2.45) is 0 Å². The van der Waals surface area contributed by atoms with Crippen LogP contribution in [0.5, 0.6) is 11.5 Å². The van der Waals surface area contributed by atoms with E-state index in [9.17, 15) is 14.7 Å². The highest BCUT2D eigenvalue weighted by atomic mass is 16.5. The zero-order valence-corrected chi connectivity index (χ0v) is 22.6. The Morgan fingerprint density at radius 1 is 1.00 bits per heavy atom. The van der Waals surface area contributed by atoms with Crippen LogP contribution in [0.2, 0.25) is 0 Å². The van der Waals surface area contributed by atoms with E-state index in [-0.39, 0.29) is 23.9 Å². The molecule has 1 aliphatic rings. The number of unbranched alkanes of at least 4 members (excludes halogenated alkanes) is 9. The van der Waals surface area contributed by atoms with Crippen LogP contribution < -0.4 is 10.1 Å². The first-order valence-electron chi connectivity index (χ1n) is 13.9. The summed E-state index contributed by atoms with van der Waals surface area (Å²) >= 11 is 0. The quantitative estimate of drug-likeness (QED) is 0.140. The van der Waals surface area contributed by atoms with E-state index in [4.69, 9.17) is 9.47 Å². The maximum absolute atomic E-state index is 12.3. The number of piperidine rings is 1. The van der Waals surface area contributed by atoms with Crippen molar-refractivity contribution in [1.82, 2.24) is 5.32 Å². The van der Waals surface area contributed by atoms with Crippen molar-refractivity contribution in [3.05, 3.63) is 29.8 Å². The number of esters is 1. The van der Waals surface area contributed by atoms with Crippen LogP contribution in [0.4, 0.5) is 0 Å². The molecule has 202 valence electrons. The molecule has 1 saturated heterocycles. The average molecular weight is 502 g/mol. The van der Waals surface area contributed by atoms with Gasteiger partial charge in [-0.05, 0) is 63.3 Å². The number of ketones is 1. The van der Waals surface area contributed by atoms with Gasteiger partial charge in [-0.3, -0.25) is 0 Å². The SMILES string of the molecule is COc1cc(/C=C/C(=O)O[C@@H]2CC[C@H](CCCCCCCCCCCCC(C)=O)N[C@@H]2C)ccc1O. The Bertz CT molecular complexity index is 822. The first-order valence-corrected chi connectivity index (χ1v) is 13.9. The van der Waals surface area contributed by atoms with Crippen molar-refractivity contribution in [2.45, 2.75) is 122 Å².